The van der Waals surface area contributed by atoms with E-state index in [0.717, 1.165) is 33.4 Å². The van der Waals surface area contributed by atoms with Crippen LogP contribution in [0.15, 0.2) is 61.1 Å². The van der Waals surface area contributed by atoms with Gasteiger partial charge in [0, 0.05) is 29.1 Å². The Balaban J connectivity index is 1.91. The average Bonchev–Trinajstić information content (AvgIpc) is 3.09. The zero-order valence-corrected chi connectivity index (χ0v) is 12.1. The van der Waals surface area contributed by atoms with E-state index in [2.05, 4.69) is 26.2 Å². The summed E-state index contributed by atoms with van der Waals surface area (Å²) in [6, 6.07) is 15.5. The second-order valence-electron chi connectivity index (χ2n) is 5.12. The summed E-state index contributed by atoms with van der Waals surface area (Å²) in [5.41, 5.74) is 5.96. The predicted octanol–water partition coefficient (Wildman–Crippen LogP) is 3.56. The minimum atomic E-state index is 0.612. The van der Waals surface area contributed by atoms with Crippen molar-refractivity contribution < 1.29 is 0 Å². The molecule has 1 aromatic carbocycles. The largest absolute Gasteiger partial charge is 0.276 e. The maximum atomic E-state index is 9.10. The van der Waals surface area contributed by atoms with Crippen molar-refractivity contribution in [3.05, 3.63) is 66.6 Å². The third-order valence-electron chi connectivity index (χ3n) is 3.67. The molecule has 5 heteroatoms. The van der Waals surface area contributed by atoms with Crippen LogP contribution >= 0.6 is 0 Å². The first-order valence-corrected chi connectivity index (χ1v) is 7.10. The van der Waals surface area contributed by atoms with Gasteiger partial charge in [-0.25, -0.2) is 0 Å². The van der Waals surface area contributed by atoms with E-state index in [-0.39, 0.29) is 0 Å². The lowest BCUT2D eigenvalue weighted by molar-refractivity contribution is 1.12. The molecule has 0 amide bonds. The Kier molecular flexibility index (Phi) is 3.06. The van der Waals surface area contributed by atoms with Gasteiger partial charge in [-0.05, 0) is 24.3 Å². The van der Waals surface area contributed by atoms with Crippen molar-refractivity contribution in [3.63, 3.8) is 0 Å². The minimum absolute atomic E-state index is 0.612. The van der Waals surface area contributed by atoms with Crippen molar-refractivity contribution in [1.29, 1.82) is 5.26 Å². The molecular formula is C18H11N5. The second kappa shape index (κ2) is 5.35. The zero-order chi connectivity index (χ0) is 15.6. The molecule has 0 fully saturated rings. The topological polar surface area (TPSA) is 78.2 Å². The first-order chi connectivity index (χ1) is 11.3. The highest BCUT2D eigenvalue weighted by Gasteiger charge is 2.10. The molecule has 0 aliphatic carbocycles. The normalized spacial score (nSPS) is 10.6. The summed E-state index contributed by atoms with van der Waals surface area (Å²) in [5, 5.41) is 16.0. The van der Waals surface area contributed by atoms with Gasteiger partial charge in [0.2, 0.25) is 0 Å². The molecule has 0 unspecified atom stereocenters. The number of fused-ring (bicyclic) bond motifs is 1. The van der Waals surface area contributed by atoms with E-state index >= 15 is 0 Å². The Morgan fingerprint density at radius 3 is 2.83 bits per heavy atom. The standard InChI is InChI=1S/C18H11N5/c19-9-12-3-1-4-13(7-12)18-15(5-2-6-20-18)14-8-16-17(21-10-14)11-22-23-16/h1-8,10-11H,(H,22,23). The third-order valence-corrected chi connectivity index (χ3v) is 3.67. The van der Waals surface area contributed by atoms with Crippen molar-refractivity contribution in [3.8, 4) is 28.5 Å². The minimum Gasteiger partial charge on any atom is -0.276 e. The fraction of sp³-hybridized carbons (Fsp3) is 0. The van der Waals surface area contributed by atoms with Crippen molar-refractivity contribution >= 4 is 11.0 Å². The number of hydrogen-bond donors (Lipinski definition) is 1. The fourth-order valence-electron chi connectivity index (χ4n) is 2.58. The number of H-pyrrole nitrogens is 1. The molecule has 1 N–H and O–H groups in total. The van der Waals surface area contributed by atoms with Crippen molar-refractivity contribution in [2.45, 2.75) is 0 Å². The summed E-state index contributed by atoms with van der Waals surface area (Å²) in [6.07, 6.45) is 5.26. The highest BCUT2D eigenvalue weighted by atomic mass is 15.1. The van der Waals surface area contributed by atoms with E-state index < -0.39 is 0 Å². The second-order valence-corrected chi connectivity index (χ2v) is 5.12. The van der Waals surface area contributed by atoms with Gasteiger partial charge in [-0.3, -0.25) is 15.1 Å². The molecule has 0 bridgehead atoms. The number of aromatic nitrogens is 4. The average molecular weight is 297 g/mol. The Labute approximate surface area is 132 Å². The van der Waals surface area contributed by atoms with Crippen LogP contribution in [0.3, 0.4) is 0 Å². The molecule has 0 aliphatic heterocycles. The molecule has 0 saturated heterocycles. The van der Waals surface area contributed by atoms with Crippen LogP contribution in [0.2, 0.25) is 0 Å². The molecule has 4 rings (SSSR count). The lowest BCUT2D eigenvalue weighted by Crippen LogP contribution is -1.90. The highest BCUT2D eigenvalue weighted by Crippen LogP contribution is 2.31. The van der Waals surface area contributed by atoms with Crippen LogP contribution in [0.4, 0.5) is 0 Å². The van der Waals surface area contributed by atoms with E-state index in [1.807, 2.05) is 42.6 Å². The van der Waals surface area contributed by atoms with Crippen LogP contribution in [0.25, 0.3) is 33.4 Å². The van der Waals surface area contributed by atoms with Crippen LogP contribution < -0.4 is 0 Å². The van der Waals surface area contributed by atoms with Gasteiger partial charge in [-0.2, -0.15) is 10.4 Å². The van der Waals surface area contributed by atoms with Crippen molar-refractivity contribution in [2.24, 2.45) is 0 Å². The number of nitrogens with zero attached hydrogens (tertiary/aromatic N) is 4. The SMILES string of the molecule is N#Cc1cccc(-c2ncccc2-c2cnc3cn[nH]c3c2)c1. The zero-order valence-electron chi connectivity index (χ0n) is 12.1. The van der Waals surface area contributed by atoms with Crippen molar-refractivity contribution in [2.75, 3.05) is 0 Å². The summed E-state index contributed by atoms with van der Waals surface area (Å²) in [4.78, 5) is 8.92. The predicted molar refractivity (Wildman–Crippen MR) is 87.3 cm³/mol. The molecule has 0 atom stereocenters. The maximum absolute atomic E-state index is 9.10. The van der Waals surface area contributed by atoms with Gasteiger partial charge in [0.15, 0.2) is 0 Å². The fourth-order valence-corrected chi connectivity index (χ4v) is 2.58. The lowest BCUT2D eigenvalue weighted by Gasteiger charge is -2.09. The first-order valence-electron chi connectivity index (χ1n) is 7.10. The summed E-state index contributed by atoms with van der Waals surface area (Å²) >= 11 is 0. The summed E-state index contributed by atoms with van der Waals surface area (Å²) in [7, 11) is 0. The third kappa shape index (κ3) is 2.32. The molecule has 0 aliphatic rings. The number of hydrogen-bond acceptors (Lipinski definition) is 4. The van der Waals surface area contributed by atoms with Gasteiger partial charge in [0.1, 0.15) is 5.52 Å². The van der Waals surface area contributed by atoms with Crippen LogP contribution in [-0.4, -0.2) is 20.2 Å². The Morgan fingerprint density at radius 2 is 1.91 bits per heavy atom. The van der Waals surface area contributed by atoms with E-state index in [1.165, 1.54) is 0 Å². The van der Waals surface area contributed by atoms with Crippen LogP contribution in [-0.2, 0) is 0 Å². The molecule has 0 spiro atoms. The molecular weight excluding hydrogens is 286 g/mol. The van der Waals surface area contributed by atoms with Crippen LogP contribution in [0.5, 0.6) is 0 Å². The monoisotopic (exact) mass is 297 g/mol. The van der Waals surface area contributed by atoms with Gasteiger partial charge >= 0.3 is 0 Å². The number of rotatable bonds is 2. The summed E-state index contributed by atoms with van der Waals surface area (Å²) < 4.78 is 0. The van der Waals surface area contributed by atoms with E-state index in [9.17, 15) is 0 Å². The number of aromatic amines is 1. The van der Waals surface area contributed by atoms with E-state index in [4.69, 9.17) is 5.26 Å². The van der Waals surface area contributed by atoms with Crippen molar-refractivity contribution in [1.82, 2.24) is 20.2 Å². The first kappa shape index (κ1) is 13.2. The van der Waals surface area contributed by atoms with Gasteiger partial charge in [-0.1, -0.05) is 18.2 Å². The Hall–Kier alpha value is -3.52. The lowest BCUT2D eigenvalue weighted by atomic mass is 9.99. The maximum Gasteiger partial charge on any atom is 0.108 e. The van der Waals surface area contributed by atoms with E-state index in [1.54, 1.807) is 18.5 Å². The molecule has 0 saturated carbocycles. The molecule has 23 heavy (non-hydrogen) atoms. The van der Waals surface area contributed by atoms with Gasteiger partial charge in [0.25, 0.3) is 0 Å². The Morgan fingerprint density at radius 1 is 0.957 bits per heavy atom. The molecule has 108 valence electrons. The highest BCUT2D eigenvalue weighted by molar-refractivity contribution is 5.85. The number of nitrogens with one attached hydrogen (secondary N) is 1. The number of benzene rings is 1. The van der Waals surface area contributed by atoms with Crippen LogP contribution in [0, 0.1) is 11.3 Å². The van der Waals surface area contributed by atoms with Gasteiger partial charge < -0.3 is 0 Å². The molecule has 3 aromatic heterocycles. The number of nitriles is 1. The molecule has 5 nitrogen and oxygen atoms in total. The van der Waals surface area contributed by atoms with E-state index in [0.29, 0.717) is 5.56 Å². The smallest absolute Gasteiger partial charge is 0.108 e. The number of pyridine rings is 2. The molecule has 0 radical (unpaired) electrons. The van der Waals surface area contributed by atoms with Gasteiger partial charge in [-0.15, -0.1) is 0 Å². The van der Waals surface area contributed by atoms with Gasteiger partial charge in [0.05, 0.1) is 29.0 Å². The molecule has 3 heterocycles. The Bertz CT molecular complexity index is 1040. The van der Waals surface area contributed by atoms with Crippen LogP contribution in [0.1, 0.15) is 5.56 Å². The molecule has 4 aromatic rings. The quantitative estimate of drug-likeness (QED) is 0.613. The summed E-state index contributed by atoms with van der Waals surface area (Å²) in [6.45, 7) is 0. The summed E-state index contributed by atoms with van der Waals surface area (Å²) in [5.74, 6) is 0.